The molecule has 0 radical (unpaired) electrons. The fourth-order valence-corrected chi connectivity index (χ4v) is 2.50. The van der Waals surface area contributed by atoms with E-state index in [4.69, 9.17) is 10.5 Å². The van der Waals surface area contributed by atoms with Crippen LogP contribution in [0.3, 0.4) is 0 Å². The number of nitrogens with zero attached hydrogens (tertiary/aromatic N) is 1. The second-order valence-corrected chi connectivity index (χ2v) is 4.72. The lowest BCUT2D eigenvalue weighted by Gasteiger charge is -2.11. The van der Waals surface area contributed by atoms with Gasteiger partial charge in [0.2, 0.25) is 0 Å². The molecular weight excluding hydrogens is 292 g/mol. The summed E-state index contributed by atoms with van der Waals surface area (Å²) in [5.41, 5.74) is 9.19. The first kappa shape index (κ1) is 12.9. The van der Waals surface area contributed by atoms with Crippen LogP contribution in [0.2, 0.25) is 0 Å². The molecule has 2 aromatic rings. The lowest BCUT2D eigenvalue weighted by molar-refractivity contribution is 0.415. The number of ether oxygens (including phenoxy) is 1. The molecule has 0 spiro atoms. The van der Waals surface area contributed by atoms with Gasteiger partial charge in [0.25, 0.3) is 0 Å². The van der Waals surface area contributed by atoms with E-state index in [1.807, 2.05) is 30.5 Å². The zero-order valence-electron chi connectivity index (χ0n) is 10.4. The average Bonchev–Trinajstić information content (AvgIpc) is 2.42. The van der Waals surface area contributed by atoms with Crippen LogP contribution in [0.15, 0.2) is 34.9 Å². The van der Waals surface area contributed by atoms with Crippen LogP contribution in [-0.4, -0.2) is 12.1 Å². The quantitative estimate of drug-likeness (QED) is 0.941. The van der Waals surface area contributed by atoms with Crippen molar-refractivity contribution in [3.8, 4) is 16.9 Å². The summed E-state index contributed by atoms with van der Waals surface area (Å²) in [6.07, 6.45) is 2.72. The van der Waals surface area contributed by atoms with Crippen molar-refractivity contribution < 1.29 is 4.74 Å². The van der Waals surface area contributed by atoms with Gasteiger partial charge >= 0.3 is 0 Å². The zero-order chi connectivity index (χ0) is 13.1. The third-order valence-electron chi connectivity index (χ3n) is 2.90. The first-order chi connectivity index (χ1) is 8.67. The van der Waals surface area contributed by atoms with Gasteiger partial charge in [-0.15, -0.1) is 0 Å². The molecule has 2 N–H and O–H groups in total. The predicted molar refractivity (Wildman–Crippen MR) is 77.7 cm³/mol. The first-order valence-electron chi connectivity index (χ1n) is 5.74. The Morgan fingerprint density at radius 1 is 1.28 bits per heavy atom. The van der Waals surface area contributed by atoms with E-state index in [0.29, 0.717) is 5.82 Å². The summed E-state index contributed by atoms with van der Waals surface area (Å²) in [5, 5.41) is 0. The normalized spacial score (nSPS) is 10.4. The van der Waals surface area contributed by atoms with Crippen LogP contribution in [0.5, 0.6) is 5.75 Å². The maximum Gasteiger partial charge on any atom is 0.137 e. The minimum absolute atomic E-state index is 0.532. The number of aromatic nitrogens is 1. The van der Waals surface area contributed by atoms with Gasteiger partial charge in [0.15, 0.2) is 0 Å². The van der Waals surface area contributed by atoms with Gasteiger partial charge in [0.05, 0.1) is 11.6 Å². The molecular formula is C14H15BrN2O. The van der Waals surface area contributed by atoms with Gasteiger partial charge in [-0.05, 0) is 45.6 Å². The van der Waals surface area contributed by atoms with Crippen LogP contribution in [0, 0.1) is 0 Å². The van der Waals surface area contributed by atoms with Gasteiger partial charge in [-0.3, -0.25) is 0 Å². The highest BCUT2D eigenvalue weighted by Crippen LogP contribution is 2.32. The molecule has 2 rings (SSSR count). The minimum Gasteiger partial charge on any atom is -0.497 e. The zero-order valence-corrected chi connectivity index (χ0v) is 12.0. The van der Waals surface area contributed by atoms with Crippen molar-refractivity contribution in [2.45, 2.75) is 13.3 Å². The lowest BCUT2D eigenvalue weighted by Crippen LogP contribution is -1.98. The molecule has 0 fully saturated rings. The smallest absolute Gasteiger partial charge is 0.137 e. The molecule has 1 aromatic carbocycles. The van der Waals surface area contributed by atoms with Gasteiger partial charge in [-0.1, -0.05) is 19.1 Å². The molecule has 0 atom stereocenters. The number of nitrogens with two attached hydrogens (primary N) is 1. The van der Waals surface area contributed by atoms with Crippen molar-refractivity contribution in [3.05, 3.63) is 40.5 Å². The molecule has 3 nitrogen and oxygen atoms in total. The van der Waals surface area contributed by atoms with Gasteiger partial charge < -0.3 is 10.5 Å². The minimum atomic E-state index is 0.532. The molecule has 0 unspecified atom stereocenters. The molecule has 0 saturated carbocycles. The number of methoxy groups -OCH3 is 1. The summed E-state index contributed by atoms with van der Waals surface area (Å²) in [7, 11) is 1.66. The van der Waals surface area contributed by atoms with Crippen molar-refractivity contribution >= 4 is 21.7 Å². The highest BCUT2D eigenvalue weighted by Gasteiger charge is 2.11. The number of hydrogen-bond acceptors (Lipinski definition) is 3. The molecule has 0 aliphatic rings. The highest BCUT2D eigenvalue weighted by atomic mass is 79.9. The number of hydrogen-bond donors (Lipinski definition) is 1. The third-order valence-corrected chi connectivity index (χ3v) is 3.79. The predicted octanol–water partition coefficient (Wildman–Crippen LogP) is 3.66. The number of pyridine rings is 1. The van der Waals surface area contributed by atoms with E-state index in [-0.39, 0.29) is 0 Å². The summed E-state index contributed by atoms with van der Waals surface area (Å²) in [5.74, 6) is 1.38. The first-order valence-corrected chi connectivity index (χ1v) is 6.54. The van der Waals surface area contributed by atoms with Crippen molar-refractivity contribution in [3.63, 3.8) is 0 Å². The lowest BCUT2D eigenvalue weighted by atomic mass is 10.0. The van der Waals surface area contributed by atoms with E-state index in [0.717, 1.165) is 27.8 Å². The molecule has 1 heterocycles. The second-order valence-electron chi connectivity index (χ2n) is 3.93. The standard InChI is InChI=1S/C14H15BrN2O/c1-3-11-12(8-17-14(16)13(11)15)9-4-6-10(18-2)7-5-9/h4-8H,3H2,1-2H3,(H2,16,17). The summed E-state index contributed by atoms with van der Waals surface area (Å²) in [4.78, 5) is 4.21. The topological polar surface area (TPSA) is 48.1 Å². The largest absolute Gasteiger partial charge is 0.497 e. The second kappa shape index (κ2) is 5.40. The van der Waals surface area contributed by atoms with E-state index in [9.17, 15) is 0 Å². The van der Waals surface area contributed by atoms with Crippen LogP contribution in [0.25, 0.3) is 11.1 Å². The monoisotopic (exact) mass is 306 g/mol. The van der Waals surface area contributed by atoms with E-state index >= 15 is 0 Å². The summed E-state index contributed by atoms with van der Waals surface area (Å²) in [6, 6.07) is 7.94. The van der Waals surface area contributed by atoms with Gasteiger partial charge in [0, 0.05) is 11.8 Å². The van der Waals surface area contributed by atoms with Crippen molar-refractivity contribution in [2.75, 3.05) is 12.8 Å². The van der Waals surface area contributed by atoms with E-state index in [1.54, 1.807) is 7.11 Å². The van der Waals surface area contributed by atoms with Crippen molar-refractivity contribution in [1.82, 2.24) is 4.98 Å². The Kier molecular flexibility index (Phi) is 3.87. The number of nitrogen functional groups attached to an aromatic ring is 1. The SMILES string of the molecule is CCc1c(-c2ccc(OC)cc2)cnc(N)c1Br. The number of rotatable bonds is 3. The summed E-state index contributed by atoms with van der Waals surface area (Å²) in [6.45, 7) is 2.10. The fourth-order valence-electron chi connectivity index (χ4n) is 1.91. The Balaban J connectivity index is 2.52. The molecule has 0 bridgehead atoms. The molecule has 18 heavy (non-hydrogen) atoms. The Bertz CT molecular complexity index is 552. The van der Waals surface area contributed by atoms with Crippen LogP contribution >= 0.6 is 15.9 Å². The Morgan fingerprint density at radius 2 is 1.94 bits per heavy atom. The molecule has 94 valence electrons. The van der Waals surface area contributed by atoms with Gasteiger partial charge in [-0.2, -0.15) is 0 Å². The van der Waals surface area contributed by atoms with E-state index < -0.39 is 0 Å². The van der Waals surface area contributed by atoms with Crippen LogP contribution in [-0.2, 0) is 6.42 Å². The maximum atomic E-state index is 5.81. The highest BCUT2D eigenvalue weighted by molar-refractivity contribution is 9.10. The number of benzene rings is 1. The Labute approximate surface area is 115 Å². The summed E-state index contributed by atoms with van der Waals surface area (Å²) >= 11 is 3.50. The van der Waals surface area contributed by atoms with Crippen LogP contribution in [0.1, 0.15) is 12.5 Å². The Hall–Kier alpha value is -1.55. The average molecular weight is 307 g/mol. The molecule has 0 aliphatic heterocycles. The van der Waals surface area contributed by atoms with E-state index in [2.05, 4.69) is 27.8 Å². The maximum absolute atomic E-state index is 5.81. The molecule has 4 heteroatoms. The third kappa shape index (κ3) is 2.34. The molecule has 0 aliphatic carbocycles. The van der Waals surface area contributed by atoms with Gasteiger partial charge in [0.1, 0.15) is 11.6 Å². The van der Waals surface area contributed by atoms with Crippen molar-refractivity contribution in [1.29, 1.82) is 0 Å². The number of halogens is 1. The Morgan fingerprint density at radius 3 is 2.50 bits per heavy atom. The van der Waals surface area contributed by atoms with Crippen LogP contribution < -0.4 is 10.5 Å². The molecule has 0 amide bonds. The molecule has 1 aromatic heterocycles. The van der Waals surface area contributed by atoms with Crippen molar-refractivity contribution in [2.24, 2.45) is 0 Å². The fraction of sp³-hybridized carbons (Fsp3) is 0.214. The molecule has 0 saturated heterocycles. The van der Waals surface area contributed by atoms with E-state index in [1.165, 1.54) is 5.56 Å². The summed E-state index contributed by atoms with van der Waals surface area (Å²) < 4.78 is 6.05. The van der Waals surface area contributed by atoms with Crippen LogP contribution in [0.4, 0.5) is 5.82 Å². The van der Waals surface area contributed by atoms with Gasteiger partial charge in [-0.25, -0.2) is 4.98 Å². The number of anilines is 1.